The number of likely N-dealkylation sites (tertiary alicyclic amines) is 1. The SMILES string of the molecule is C=C(Cc1cc[n+](C)cc1)N1CCC([C@@H]2c3c(Br)cc(Cl)cc3CCc3cc(Br)c[n+](O)c32)CC1. The van der Waals surface area contributed by atoms with E-state index in [-0.39, 0.29) is 5.92 Å². The molecular formula is C28H30Br2ClN3O+2. The minimum Gasteiger partial charge on any atom is -0.375 e. The quantitative estimate of drug-likeness (QED) is 0.291. The van der Waals surface area contributed by atoms with Gasteiger partial charge in [0.05, 0.1) is 10.4 Å². The van der Waals surface area contributed by atoms with Crippen LogP contribution in [0.2, 0.25) is 5.02 Å². The van der Waals surface area contributed by atoms with Crippen LogP contribution in [-0.4, -0.2) is 23.2 Å². The standard InChI is InChI=1S/C28H30Br2ClN3O/c1-18(13-19-5-9-32(2)10-6-19)33-11-7-20(8-12-33)27-26-21(15-24(31)16-25(26)30)3-4-22-14-23(29)17-34(35)28(22)27/h5-6,9-10,14-17,20,27,35H,1,3-4,7-8,11-13H2,2H3/q+2/t27-/m1/s1. The van der Waals surface area contributed by atoms with Crippen LogP contribution in [0.3, 0.4) is 0 Å². The van der Waals surface area contributed by atoms with Gasteiger partial charge in [-0.25, -0.2) is 4.57 Å². The molecule has 7 heteroatoms. The molecule has 35 heavy (non-hydrogen) atoms. The van der Waals surface area contributed by atoms with Crippen LogP contribution in [0.15, 0.2) is 70.1 Å². The Kier molecular flexibility index (Phi) is 7.25. The molecule has 2 aromatic heterocycles. The van der Waals surface area contributed by atoms with Crippen LogP contribution in [-0.2, 0) is 26.3 Å². The number of allylic oxidation sites excluding steroid dienone is 1. The summed E-state index contributed by atoms with van der Waals surface area (Å²) in [6.07, 6.45) is 10.7. The van der Waals surface area contributed by atoms with Gasteiger partial charge in [-0.3, -0.25) is 5.21 Å². The zero-order valence-electron chi connectivity index (χ0n) is 19.9. The summed E-state index contributed by atoms with van der Waals surface area (Å²) in [7, 11) is 2.04. The Bertz CT molecular complexity index is 1210. The van der Waals surface area contributed by atoms with Crippen molar-refractivity contribution in [1.82, 2.24) is 4.90 Å². The third kappa shape index (κ3) is 5.16. The summed E-state index contributed by atoms with van der Waals surface area (Å²) in [5.41, 5.74) is 7.20. The third-order valence-electron chi connectivity index (χ3n) is 7.50. The van der Waals surface area contributed by atoms with Crippen molar-refractivity contribution in [3.8, 4) is 0 Å². The van der Waals surface area contributed by atoms with Crippen LogP contribution in [0, 0.1) is 5.92 Å². The average molecular weight is 620 g/mol. The molecule has 5 rings (SSSR count). The first-order chi connectivity index (χ1) is 16.8. The Morgan fingerprint density at radius 1 is 1.11 bits per heavy atom. The summed E-state index contributed by atoms with van der Waals surface area (Å²) in [5.74, 6) is 0.499. The van der Waals surface area contributed by atoms with Crippen molar-refractivity contribution < 1.29 is 14.5 Å². The highest BCUT2D eigenvalue weighted by atomic mass is 79.9. The molecule has 1 aromatic carbocycles. The molecule has 0 radical (unpaired) electrons. The van der Waals surface area contributed by atoms with Crippen LogP contribution in [0.5, 0.6) is 0 Å². The maximum Gasteiger partial charge on any atom is 0.245 e. The fourth-order valence-corrected chi connectivity index (χ4v) is 7.35. The number of aromatic nitrogens is 2. The summed E-state index contributed by atoms with van der Waals surface area (Å²) in [4.78, 5) is 2.44. The molecule has 3 heterocycles. The van der Waals surface area contributed by atoms with Crippen LogP contribution >= 0.6 is 43.5 Å². The normalized spacial score (nSPS) is 18.1. The number of hydrogen-bond acceptors (Lipinski definition) is 2. The van der Waals surface area contributed by atoms with Gasteiger partial charge in [-0.1, -0.05) is 34.1 Å². The molecule has 1 atom stereocenters. The Morgan fingerprint density at radius 2 is 1.80 bits per heavy atom. The monoisotopic (exact) mass is 617 g/mol. The van der Waals surface area contributed by atoms with Crippen LogP contribution in [0.1, 0.15) is 46.7 Å². The van der Waals surface area contributed by atoms with Gasteiger partial charge in [0.25, 0.3) is 0 Å². The zero-order valence-corrected chi connectivity index (χ0v) is 23.8. The number of pyridine rings is 2. The molecule has 0 bridgehead atoms. The smallest absolute Gasteiger partial charge is 0.245 e. The van der Waals surface area contributed by atoms with Gasteiger partial charge in [-0.05, 0) is 82.4 Å². The average Bonchev–Trinajstić information content (AvgIpc) is 2.98. The Morgan fingerprint density at radius 3 is 2.51 bits per heavy atom. The topological polar surface area (TPSA) is 31.2 Å². The van der Waals surface area contributed by atoms with Gasteiger partial charge in [0, 0.05) is 57.1 Å². The Labute approximate surface area is 229 Å². The lowest BCUT2D eigenvalue weighted by Gasteiger charge is -2.38. The van der Waals surface area contributed by atoms with Crippen LogP contribution in [0.4, 0.5) is 0 Å². The number of hydrogen-bond donors (Lipinski definition) is 1. The largest absolute Gasteiger partial charge is 0.375 e. The molecule has 1 saturated heterocycles. The lowest BCUT2D eigenvalue weighted by atomic mass is 9.76. The van der Waals surface area contributed by atoms with Gasteiger partial charge in [0.15, 0.2) is 12.4 Å². The van der Waals surface area contributed by atoms with Crippen molar-refractivity contribution in [2.75, 3.05) is 13.1 Å². The molecule has 3 aromatic rings. The van der Waals surface area contributed by atoms with Gasteiger partial charge in [0.1, 0.15) is 7.05 Å². The number of halogens is 3. The van der Waals surface area contributed by atoms with Crippen LogP contribution < -0.4 is 9.30 Å². The number of piperidine rings is 1. The third-order valence-corrected chi connectivity index (χ3v) is 8.80. The highest BCUT2D eigenvalue weighted by Gasteiger charge is 2.41. The fraction of sp³-hybridized carbons (Fsp3) is 0.357. The molecule has 0 spiro atoms. The van der Waals surface area contributed by atoms with Crippen molar-refractivity contribution in [3.63, 3.8) is 0 Å². The lowest BCUT2D eigenvalue weighted by Crippen LogP contribution is -2.42. The van der Waals surface area contributed by atoms with Crippen molar-refractivity contribution in [2.24, 2.45) is 13.0 Å². The first kappa shape index (κ1) is 24.8. The van der Waals surface area contributed by atoms with Crippen LogP contribution in [0.25, 0.3) is 0 Å². The van der Waals surface area contributed by atoms with E-state index < -0.39 is 0 Å². The Hall–Kier alpha value is -1.89. The number of benzene rings is 1. The summed E-state index contributed by atoms with van der Waals surface area (Å²) in [5, 5.41) is 11.8. The molecule has 1 N–H and O–H groups in total. The van der Waals surface area contributed by atoms with E-state index in [9.17, 15) is 5.21 Å². The van der Waals surface area contributed by atoms with E-state index in [1.807, 2.05) is 13.1 Å². The van der Waals surface area contributed by atoms with Crippen molar-refractivity contribution >= 4 is 43.5 Å². The zero-order chi connectivity index (χ0) is 24.7. The predicted molar refractivity (Wildman–Crippen MR) is 145 cm³/mol. The molecule has 182 valence electrons. The second kappa shape index (κ2) is 10.2. The van der Waals surface area contributed by atoms with E-state index in [4.69, 9.17) is 11.6 Å². The van der Waals surface area contributed by atoms with Crippen molar-refractivity contribution in [1.29, 1.82) is 0 Å². The molecule has 0 saturated carbocycles. The van der Waals surface area contributed by atoms with E-state index in [1.165, 1.54) is 32.7 Å². The fourth-order valence-electron chi connectivity index (χ4n) is 5.76. The maximum absolute atomic E-state index is 11.1. The summed E-state index contributed by atoms with van der Waals surface area (Å²) in [6, 6.07) is 10.6. The number of rotatable bonds is 4. The molecule has 2 aliphatic rings. The van der Waals surface area contributed by atoms with E-state index in [0.717, 1.165) is 64.9 Å². The Balaban J connectivity index is 1.43. The van der Waals surface area contributed by atoms with E-state index in [2.05, 4.69) is 84.6 Å². The minimum absolute atomic E-state index is 0.0942. The van der Waals surface area contributed by atoms with Gasteiger partial charge in [-0.15, -0.1) is 0 Å². The second-order valence-corrected chi connectivity index (χ2v) is 12.0. The highest BCUT2D eigenvalue weighted by Crippen LogP contribution is 2.46. The second-order valence-electron chi connectivity index (χ2n) is 9.79. The minimum atomic E-state index is 0.0942. The predicted octanol–water partition coefficient (Wildman–Crippen LogP) is 5.91. The first-order valence-electron chi connectivity index (χ1n) is 12.1. The first-order valence-corrected chi connectivity index (χ1v) is 14.0. The molecule has 1 aliphatic heterocycles. The highest BCUT2D eigenvalue weighted by molar-refractivity contribution is 9.10. The summed E-state index contributed by atoms with van der Waals surface area (Å²) < 4.78 is 5.32. The van der Waals surface area contributed by atoms with Gasteiger partial charge in [0.2, 0.25) is 11.9 Å². The van der Waals surface area contributed by atoms with Gasteiger partial charge in [-0.2, -0.15) is 0 Å². The summed E-state index contributed by atoms with van der Waals surface area (Å²) in [6.45, 7) is 6.36. The molecule has 1 fully saturated rings. The molecule has 4 nitrogen and oxygen atoms in total. The maximum atomic E-state index is 11.1. The number of aryl methyl sites for hydroxylation is 3. The summed E-state index contributed by atoms with van der Waals surface area (Å²) >= 11 is 13.9. The lowest BCUT2D eigenvalue weighted by molar-refractivity contribution is -0.911. The van der Waals surface area contributed by atoms with Gasteiger partial charge < -0.3 is 4.90 Å². The number of nitrogens with zero attached hydrogens (tertiary/aromatic N) is 3. The van der Waals surface area contributed by atoms with Crippen molar-refractivity contribution in [3.05, 3.63) is 103 Å². The van der Waals surface area contributed by atoms with E-state index in [1.54, 1.807) is 6.20 Å². The molecule has 0 unspecified atom stereocenters. The molecule has 1 aliphatic carbocycles. The van der Waals surface area contributed by atoms with E-state index in [0.29, 0.717) is 5.92 Å². The van der Waals surface area contributed by atoms with Gasteiger partial charge >= 0.3 is 0 Å². The van der Waals surface area contributed by atoms with Crippen molar-refractivity contribution in [2.45, 2.75) is 38.0 Å². The molecular weight excluding hydrogens is 590 g/mol. The van der Waals surface area contributed by atoms with E-state index >= 15 is 0 Å². The molecule has 0 amide bonds. The number of fused-ring (bicyclic) bond motifs is 2.